The number of pyridine rings is 2. The van der Waals surface area contributed by atoms with E-state index in [-0.39, 0.29) is 26.6 Å². The summed E-state index contributed by atoms with van der Waals surface area (Å²) in [4.78, 5) is 8.13. The number of fused-ring (bicyclic) bond motifs is 1. The number of benzene rings is 1. The SMILES string of the molecule is Cc1nc2cc(F)c(-c3cnc(P(C)(C)=O)c(F)c3)cc2c(Cl)c1Cl. The Balaban J connectivity index is 2.24. The number of rotatable bonds is 2. The Kier molecular flexibility index (Phi) is 4.61. The number of hydrogen-bond donors (Lipinski definition) is 0. The molecule has 0 radical (unpaired) electrons. The molecule has 8 heteroatoms. The van der Waals surface area contributed by atoms with Crippen molar-refractivity contribution in [3.8, 4) is 11.1 Å². The lowest BCUT2D eigenvalue weighted by atomic mass is 10.0. The summed E-state index contributed by atoms with van der Waals surface area (Å²) in [6.07, 6.45) is 1.29. The second-order valence-electron chi connectivity index (χ2n) is 6.05. The van der Waals surface area contributed by atoms with Crippen LogP contribution in [0.3, 0.4) is 0 Å². The Morgan fingerprint density at radius 3 is 2.32 bits per heavy atom. The molecule has 0 atom stereocenters. The van der Waals surface area contributed by atoms with Gasteiger partial charge in [0, 0.05) is 28.8 Å². The second kappa shape index (κ2) is 6.31. The van der Waals surface area contributed by atoms with Gasteiger partial charge in [0.15, 0.2) is 5.82 Å². The van der Waals surface area contributed by atoms with E-state index in [1.54, 1.807) is 6.92 Å². The van der Waals surface area contributed by atoms with Gasteiger partial charge in [-0.1, -0.05) is 23.2 Å². The quantitative estimate of drug-likeness (QED) is 0.538. The predicted molar refractivity (Wildman–Crippen MR) is 98.7 cm³/mol. The van der Waals surface area contributed by atoms with Gasteiger partial charge in [-0.25, -0.2) is 13.8 Å². The first-order valence-corrected chi connectivity index (χ1v) is 10.6. The summed E-state index contributed by atoms with van der Waals surface area (Å²) >= 11 is 12.3. The topological polar surface area (TPSA) is 42.9 Å². The molecular formula is C17H13Cl2F2N2OP. The number of hydrogen-bond acceptors (Lipinski definition) is 3. The van der Waals surface area contributed by atoms with Crippen molar-refractivity contribution in [2.75, 3.05) is 13.3 Å². The second-order valence-corrected chi connectivity index (χ2v) is 9.94. The highest BCUT2D eigenvalue weighted by Gasteiger charge is 2.20. The van der Waals surface area contributed by atoms with Crippen molar-refractivity contribution < 1.29 is 13.3 Å². The van der Waals surface area contributed by atoms with Crippen LogP contribution in [-0.2, 0) is 4.57 Å². The molecule has 2 aromatic heterocycles. The Bertz CT molecular complexity index is 1070. The predicted octanol–water partition coefficient (Wildman–Crippen LogP) is 5.44. The van der Waals surface area contributed by atoms with Crippen LogP contribution in [-0.4, -0.2) is 23.3 Å². The number of aromatic nitrogens is 2. The maximum absolute atomic E-state index is 14.5. The molecule has 0 fully saturated rings. The number of nitrogens with zero attached hydrogens (tertiary/aromatic N) is 2. The smallest absolute Gasteiger partial charge is 0.153 e. The first-order chi connectivity index (χ1) is 11.6. The largest absolute Gasteiger partial charge is 0.318 e. The molecule has 130 valence electrons. The molecule has 0 aliphatic carbocycles. The molecule has 0 bridgehead atoms. The molecule has 3 nitrogen and oxygen atoms in total. The van der Waals surface area contributed by atoms with E-state index >= 15 is 0 Å². The minimum absolute atomic E-state index is 0.108. The Labute approximate surface area is 153 Å². The Hall–Kier alpha value is -1.55. The van der Waals surface area contributed by atoms with Crippen molar-refractivity contribution in [1.82, 2.24) is 9.97 Å². The lowest BCUT2D eigenvalue weighted by Crippen LogP contribution is -2.13. The maximum atomic E-state index is 14.5. The molecule has 3 rings (SSSR count). The standard InChI is InChI=1S/C17H13Cl2F2N2OP/c1-8-15(18)16(19)11-5-10(12(20)6-14(11)23-8)9-4-13(21)17(22-7-9)25(2,3)24/h4-7H,1-3H3. The van der Waals surface area contributed by atoms with E-state index in [0.29, 0.717) is 16.6 Å². The lowest BCUT2D eigenvalue weighted by molar-refractivity contribution is 0.583. The molecule has 0 spiro atoms. The van der Waals surface area contributed by atoms with Gasteiger partial charge < -0.3 is 4.57 Å². The fraction of sp³-hybridized carbons (Fsp3) is 0.176. The van der Waals surface area contributed by atoms with E-state index in [1.165, 1.54) is 31.7 Å². The fourth-order valence-corrected chi connectivity index (χ4v) is 3.88. The van der Waals surface area contributed by atoms with E-state index < -0.39 is 18.8 Å². The Morgan fingerprint density at radius 1 is 1.04 bits per heavy atom. The summed E-state index contributed by atoms with van der Waals surface area (Å²) in [5.41, 5.74) is 1.05. The lowest BCUT2D eigenvalue weighted by Gasteiger charge is -2.11. The molecule has 1 aromatic carbocycles. The van der Waals surface area contributed by atoms with E-state index in [0.717, 1.165) is 6.07 Å². The summed E-state index contributed by atoms with van der Waals surface area (Å²) in [6, 6.07) is 3.79. The molecule has 0 N–H and O–H groups in total. The fourth-order valence-electron chi connectivity index (χ4n) is 2.53. The van der Waals surface area contributed by atoms with Crippen LogP contribution in [0.4, 0.5) is 8.78 Å². The third-order valence-electron chi connectivity index (χ3n) is 3.76. The van der Waals surface area contributed by atoms with Gasteiger partial charge in [0.05, 0.1) is 21.3 Å². The van der Waals surface area contributed by atoms with Crippen LogP contribution in [0.15, 0.2) is 24.4 Å². The highest BCUT2D eigenvalue weighted by molar-refractivity contribution is 7.69. The van der Waals surface area contributed by atoms with Crippen molar-refractivity contribution >= 4 is 46.7 Å². The van der Waals surface area contributed by atoms with E-state index in [2.05, 4.69) is 9.97 Å². The van der Waals surface area contributed by atoms with Crippen LogP contribution >= 0.6 is 30.3 Å². The summed E-state index contributed by atoms with van der Waals surface area (Å²) in [5, 5.41) is 0.987. The molecular weight excluding hydrogens is 388 g/mol. The van der Waals surface area contributed by atoms with Crippen LogP contribution in [0.1, 0.15) is 5.69 Å². The summed E-state index contributed by atoms with van der Waals surface area (Å²) in [7, 11) is -2.87. The molecule has 0 saturated carbocycles. The maximum Gasteiger partial charge on any atom is 0.153 e. The van der Waals surface area contributed by atoms with Crippen LogP contribution < -0.4 is 5.44 Å². The molecule has 0 amide bonds. The molecule has 0 aliphatic rings. The average Bonchev–Trinajstić information content (AvgIpc) is 2.51. The van der Waals surface area contributed by atoms with Gasteiger partial charge in [0.2, 0.25) is 0 Å². The zero-order valence-electron chi connectivity index (χ0n) is 13.6. The van der Waals surface area contributed by atoms with Gasteiger partial charge in [-0.15, -0.1) is 0 Å². The van der Waals surface area contributed by atoms with Gasteiger partial charge in [0.25, 0.3) is 0 Å². The molecule has 25 heavy (non-hydrogen) atoms. The van der Waals surface area contributed by atoms with Crippen LogP contribution in [0.2, 0.25) is 10.0 Å². The highest BCUT2D eigenvalue weighted by Crippen LogP contribution is 2.37. The van der Waals surface area contributed by atoms with Crippen LogP contribution in [0.5, 0.6) is 0 Å². The summed E-state index contributed by atoms with van der Waals surface area (Å²) in [6.45, 7) is 4.51. The monoisotopic (exact) mass is 400 g/mol. The third-order valence-corrected chi connectivity index (χ3v) is 6.06. The van der Waals surface area contributed by atoms with E-state index in [1.807, 2.05) is 0 Å². The molecule has 0 aliphatic heterocycles. The van der Waals surface area contributed by atoms with Gasteiger partial charge in [-0.2, -0.15) is 0 Å². The number of aryl methyl sites for hydroxylation is 1. The van der Waals surface area contributed by atoms with Gasteiger partial charge >= 0.3 is 0 Å². The van der Waals surface area contributed by atoms with Crippen LogP contribution in [0, 0.1) is 18.6 Å². The zero-order chi connectivity index (χ0) is 18.5. The third kappa shape index (κ3) is 3.29. The van der Waals surface area contributed by atoms with Crippen molar-refractivity contribution in [1.29, 1.82) is 0 Å². The highest BCUT2D eigenvalue weighted by atomic mass is 35.5. The van der Waals surface area contributed by atoms with Crippen molar-refractivity contribution in [2.24, 2.45) is 0 Å². The minimum atomic E-state index is -2.87. The number of halogens is 4. The van der Waals surface area contributed by atoms with Gasteiger partial charge in [-0.05, 0) is 32.4 Å². The van der Waals surface area contributed by atoms with Crippen molar-refractivity contribution in [3.63, 3.8) is 0 Å². The van der Waals surface area contributed by atoms with E-state index in [4.69, 9.17) is 23.2 Å². The first-order valence-electron chi connectivity index (χ1n) is 7.26. The Morgan fingerprint density at radius 2 is 1.72 bits per heavy atom. The minimum Gasteiger partial charge on any atom is -0.318 e. The van der Waals surface area contributed by atoms with Crippen molar-refractivity contribution in [3.05, 3.63) is 51.8 Å². The average molecular weight is 401 g/mol. The first kappa shape index (κ1) is 18.2. The van der Waals surface area contributed by atoms with Gasteiger partial charge in [0.1, 0.15) is 18.4 Å². The van der Waals surface area contributed by atoms with Gasteiger partial charge in [-0.3, -0.25) is 4.98 Å². The van der Waals surface area contributed by atoms with Crippen LogP contribution in [0.25, 0.3) is 22.0 Å². The summed E-state index contributed by atoms with van der Waals surface area (Å²) < 4.78 is 40.8. The molecule has 0 saturated heterocycles. The molecule has 2 heterocycles. The summed E-state index contributed by atoms with van der Waals surface area (Å²) in [5.74, 6) is -1.33. The van der Waals surface area contributed by atoms with Crippen molar-refractivity contribution in [2.45, 2.75) is 6.92 Å². The van der Waals surface area contributed by atoms with E-state index in [9.17, 15) is 13.3 Å². The molecule has 0 unspecified atom stereocenters. The zero-order valence-corrected chi connectivity index (χ0v) is 16.0. The normalized spacial score (nSPS) is 12.0. The molecule has 3 aromatic rings.